The predicted octanol–water partition coefficient (Wildman–Crippen LogP) is 3.69. The van der Waals surface area contributed by atoms with E-state index in [4.69, 9.17) is 14.2 Å². The van der Waals surface area contributed by atoms with Crippen LogP contribution in [0, 0.1) is 0 Å². The third kappa shape index (κ3) is 13.6. The summed E-state index contributed by atoms with van der Waals surface area (Å²) in [5.41, 5.74) is 0. The molecule has 37 heavy (non-hydrogen) atoms. The molecule has 210 valence electrons. The van der Waals surface area contributed by atoms with Crippen LogP contribution in [-0.2, 0) is 42.9 Å². The van der Waals surface area contributed by atoms with Gasteiger partial charge < -0.3 is 29.0 Å². The molecule has 0 heterocycles. The standard InChI is InChI=1S/C23H35NO11S2/c1-5-17(25)31-13-33-21(29)36-12-16(19(27)35-15-10-8-7-9-11-15)24-20(28)23(3,4)37-22(30)34-14-32-18(26)6-2/h15-16H,5-14H2,1-4H3,(H,24,28)/t16-/m0/s1. The van der Waals surface area contributed by atoms with Crippen molar-refractivity contribution in [2.24, 2.45) is 0 Å². The summed E-state index contributed by atoms with van der Waals surface area (Å²) in [7, 11) is 0. The van der Waals surface area contributed by atoms with Gasteiger partial charge >= 0.3 is 28.5 Å². The van der Waals surface area contributed by atoms with Crippen molar-refractivity contribution in [1.29, 1.82) is 0 Å². The van der Waals surface area contributed by atoms with Gasteiger partial charge in [-0.15, -0.1) is 0 Å². The second kappa shape index (κ2) is 17.1. The number of rotatable bonds is 13. The lowest BCUT2D eigenvalue weighted by Crippen LogP contribution is -2.51. The van der Waals surface area contributed by atoms with Gasteiger partial charge in [-0.3, -0.25) is 14.4 Å². The third-order valence-corrected chi connectivity index (χ3v) is 6.88. The molecule has 0 spiro atoms. The molecule has 0 aromatic heterocycles. The highest BCUT2D eigenvalue weighted by molar-refractivity contribution is 8.15. The van der Waals surface area contributed by atoms with Gasteiger partial charge in [-0.25, -0.2) is 14.4 Å². The molecule has 1 saturated carbocycles. The van der Waals surface area contributed by atoms with Crippen molar-refractivity contribution in [3.05, 3.63) is 0 Å². The number of hydrogen-bond acceptors (Lipinski definition) is 13. The Morgan fingerprint density at radius 3 is 1.92 bits per heavy atom. The molecule has 1 atom stereocenters. The van der Waals surface area contributed by atoms with Crippen LogP contribution in [0.1, 0.15) is 72.6 Å². The second-order valence-electron chi connectivity index (χ2n) is 8.41. The molecular formula is C23H35NO11S2. The molecule has 1 amide bonds. The summed E-state index contributed by atoms with van der Waals surface area (Å²) < 4.78 is 23.1. The highest BCUT2D eigenvalue weighted by atomic mass is 32.2. The minimum absolute atomic E-state index is 0.117. The molecule has 0 radical (unpaired) electrons. The zero-order chi connectivity index (χ0) is 27.8. The van der Waals surface area contributed by atoms with Crippen molar-refractivity contribution >= 4 is 57.9 Å². The van der Waals surface area contributed by atoms with Gasteiger partial charge in [0.1, 0.15) is 12.1 Å². The van der Waals surface area contributed by atoms with Crippen LogP contribution in [0.2, 0.25) is 0 Å². The summed E-state index contributed by atoms with van der Waals surface area (Å²) in [6, 6.07) is -1.22. The van der Waals surface area contributed by atoms with Crippen molar-refractivity contribution in [2.75, 3.05) is 19.3 Å². The Morgan fingerprint density at radius 2 is 1.38 bits per heavy atom. The third-order valence-electron chi connectivity index (χ3n) is 5.05. The van der Waals surface area contributed by atoms with Crippen molar-refractivity contribution in [3.63, 3.8) is 0 Å². The second-order valence-corrected chi connectivity index (χ2v) is 10.9. The first-order valence-corrected chi connectivity index (χ1v) is 13.8. The van der Waals surface area contributed by atoms with E-state index < -0.39 is 58.8 Å². The summed E-state index contributed by atoms with van der Waals surface area (Å²) in [5, 5.41) is 0.864. The number of nitrogens with one attached hydrogen (secondary N) is 1. The Balaban J connectivity index is 2.73. The predicted molar refractivity (Wildman–Crippen MR) is 134 cm³/mol. The fourth-order valence-electron chi connectivity index (χ4n) is 2.90. The van der Waals surface area contributed by atoms with E-state index in [1.807, 2.05) is 0 Å². The number of carbonyl (C=O) groups is 6. The van der Waals surface area contributed by atoms with Gasteiger partial charge in [0.2, 0.25) is 19.5 Å². The van der Waals surface area contributed by atoms with E-state index in [0.717, 1.165) is 19.3 Å². The molecule has 1 N–H and O–H groups in total. The molecule has 0 bridgehead atoms. The van der Waals surface area contributed by atoms with E-state index in [9.17, 15) is 28.8 Å². The highest BCUT2D eigenvalue weighted by Crippen LogP contribution is 2.27. The zero-order valence-electron chi connectivity index (χ0n) is 21.5. The molecule has 1 rings (SSSR count). The van der Waals surface area contributed by atoms with Gasteiger partial charge in [0.15, 0.2) is 0 Å². The lowest BCUT2D eigenvalue weighted by molar-refractivity contribution is -0.154. The fraction of sp³-hybridized carbons (Fsp3) is 0.739. The van der Waals surface area contributed by atoms with Gasteiger partial charge in [0, 0.05) is 18.6 Å². The van der Waals surface area contributed by atoms with E-state index >= 15 is 0 Å². The van der Waals surface area contributed by atoms with Gasteiger partial charge in [-0.05, 0) is 63.1 Å². The average Bonchev–Trinajstić information content (AvgIpc) is 2.86. The number of carbonyl (C=O) groups excluding carboxylic acids is 6. The van der Waals surface area contributed by atoms with Gasteiger partial charge in [-0.2, -0.15) is 0 Å². The van der Waals surface area contributed by atoms with Crippen LogP contribution in [0.15, 0.2) is 0 Å². The number of amides is 1. The maximum Gasteiger partial charge on any atom is 0.371 e. The summed E-state index contributed by atoms with van der Waals surface area (Å²) in [6.07, 6.45) is 4.27. The van der Waals surface area contributed by atoms with Crippen LogP contribution < -0.4 is 5.32 Å². The number of thioether (sulfide) groups is 2. The molecule has 1 fully saturated rings. The lowest BCUT2D eigenvalue weighted by Gasteiger charge is -2.27. The van der Waals surface area contributed by atoms with Gasteiger partial charge in [0.05, 0.1) is 4.75 Å². The molecule has 12 nitrogen and oxygen atoms in total. The van der Waals surface area contributed by atoms with Crippen molar-refractivity contribution in [1.82, 2.24) is 5.32 Å². The van der Waals surface area contributed by atoms with Crippen LogP contribution in [0.4, 0.5) is 9.59 Å². The molecule has 1 aliphatic carbocycles. The summed E-state index contributed by atoms with van der Waals surface area (Å²) in [6.45, 7) is 4.91. The molecule has 0 saturated heterocycles. The summed E-state index contributed by atoms with van der Waals surface area (Å²) in [5.74, 6) is -2.70. The van der Waals surface area contributed by atoms with Gasteiger partial charge in [0.25, 0.3) is 0 Å². The Kier molecular flexibility index (Phi) is 15.0. The first-order chi connectivity index (χ1) is 17.5. The van der Waals surface area contributed by atoms with Crippen LogP contribution in [0.5, 0.6) is 0 Å². The van der Waals surface area contributed by atoms with Crippen LogP contribution in [0.25, 0.3) is 0 Å². The van der Waals surface area contributed by atoms with Crippen LogP contribution in [0.3, 0.4) is 0 Å². The Bertz CT molecular complexity index is 813. The largest absolute Gasteiger partial charge is 0.461 e. The molecule has 0 aromatic carbocycles. The SMILES string of the molecule is CCC(=O)OCOC(=O)SC[C@H](NC(=O)C(C)(C)SC(=O)OCOC(=O)CC)C(=O)OC1CCCCC1. The molecule has 1 aliphatic rings. The Hall–Kier alpha value is -2.48. The van der Waals surface area contributed by atoms with E-state index in [1.54, 1.807) is 13.8 Å². The van der Waals surface area contributed by atoms with Gasteiger partial charge in [-0.1, -0.05) is 20.3 Å². The number of hydrogen-bond donors (Lipinski definition) is 1. The number of esters is 3. The van der Waals surface area contributed by atoms with Crippen molar-refractivity contribution in [3.8, 4) is 0 Å². The molecular weight excluding hydrogens is 530 g/mol. The van der Waals surface area contributed by atoms with Crippen LogP contribution in [-0.4, -0.2) is 70.6 Å². The van der Waals surface area contributed by atoms with E-state index in [1.165, 1.54) is 13.8 Å². The minimum atomic E-state index is -1.38. The molecule has 14 heteroatoms. The van der Waals surface area contributed by atoms with E-state index in [-0.39, 0.29) is 24.7 Å². The first kappa shape index (κ1) is 32.5. The maximum atomic E-state index is 12.9. The molecule has 0 aliphatic heterocycles. The quantitative estimate of drug-likeness (QED) is 0.196. The fourth-order valence-corrected chi connectivity index (χ4v) is 4.23. The average molecular weight is 566 g/mol. The zero-order valence-corrected chi connectivity index (χ0v) is 23.2. The highest BCUT2D eigenvalue weighted by Gasteiger charge is 2.36. The van der Waals surface area contributed by atoms with Crippen molar-refractivity contribution in [2.45, 2.75) is 89.5 Å². The van der Waals surface area contributed by atoms with Crippen LogP contribution >= 0.6 is 23.5 Å². The van der Waals surface area contributed by atoms with E-state index in [2.05, 4.69) is 14.8 Å². The number of ether oxygens (including phenoxy) is 5. The van der Waals surface area contributed by atoms with Crippen molar-refractivity contribution < 1.29 is 52.5 Å². The minimum Gasteiger partial charge on any atom is -0.461 e. The summed E-state index contributed by atoms with van der Waals surface area (Å²) >= 11 is 1.14. The van der Waals surface area contributed by atoms with E-state index in [0.29, 0.717) is 36.4 Å². The molecule has 0 unspecified atom stereocenters. The smallest absolute Gasteiger partial charge is 0.371 e. The Labute approximate surface area is 224 Å². The first-order valence-electron chi connectivity index (χ1n) is 12.0. The molecule has 0 aromatic rings. The monoisotopic (exact) mass is 565 g/mol. The lowest BCUT2D eigenvalue weighted by atomic mass is 9.98. The Morgan fingerprint density at radius 1 is 0.838 bits per heavy atom. The maximum absolute atomic E-state index is 12.9. The topological polar surface area (TPSA) is 161 Å². The summed E-state index contributed by atoms with van der Waals surface area (Å²) in [4.78, 5) is 72.2. The normalized spacial score (nSPS) is 14.6.